The van der Waals surface area contributed by atoms with Gasteiger partial charge >= 0.3 is 0 Å². The average molecular weight is 884 g/mol. The van der Waals surface area contributed by atoms with Gasteiger partial charge in [0, 0.05) is 16.5 Å². The molecule has 2 aliphatic carbocycles. The van der Waals surface area contributed by atoms with Crippen LogP contribution in [0.25, 0.3) is 126 Å². The number of aromatic nitrogens is 1. The first kappa shape index (κ1) is 38.0. The van der Waals surface area contributed by atoms with Gasteiger partial charge in [0.15, 0.2) is 0 Å². The van der Waals surface area contributed by atoms with Crippen LogP contribution >= 0.6 is 0 Å². The Morgan fingerprint density at radius 2 is 0.729 bits per heavy atom. The molecule has 1 heterocycles. The molecule has 1 nitrogen and oxygen atoms in total. The minimum absolute atomic E-state index is 0.499. The fourth-order valence-electron chi connectivity index (χ4n) is 13.4. The standard InChI is InChI=1S/C69H41N/c1-2-20-46(21-3-1)70-63-33-17-14-25-50(63)58-40-45(35-37-64(58)70)66-54-29-10-8-27-52(54)65(53-28-9-11-30-55(53)66)44-34-36-56-57(39-44)47-22-6-7-26-51(47)67-59-38-42-18-4-5-19-43(42)41-62(59)69(68(56)67)60-31-15-12-23-48(60)49-24-13-16-32-61(49)69/h1-41H. The van der Waals surface area contributed by atoms with E-state index in [2.05, 4.69) is 253 Å². The maximum absolute atomic E-state index is 2.52. The van der Waals surface area contributed by atoms with Crippen LogP contribution < -0.4 is 0 Å². The van der Waals surface area contributed by atoms with Crippen LogP contribution in [0.1, 0.15) is 22.3 Å². The molecule has 0 aliphatic heterocycles. The van der Waals surface area contributed by atoms with Crippen LogP contribution in [-0.4, -0.2) is 4.57 Å². The van der Waals surface area contributed by atoms with Crippen molar-refractivity contribution >= 4 is 75.7 Å². The zero-order valence-electron chi connectivity index (χ0n) is 38.1. The number of rotatable bonds is 3. The molecule has 0 saturated heterocycles. The van der Waals surface area contributed by atoms with Crippen molar-refractivity contribution in [3.63, 3.8) is 0 Å². The Morgan fingerprint density at radius 3 is 1.37 bits per heavy atom. The van der Waals surface area contributed by atoms with Crippen LogP contribution in [0.3, 0.4) is 0 Å². The Hall–Kier alpha value is -9.04. The van der Waals surface area contributed by atoms with Crippen LogP contribution in [0.15, 0.2) is 249 Å². The summed E-state index contributed by atoms with van der Waals surface area (Å²) in [6, 6.07) is 93.7. The fraction of sp³-hybridized carbons (Fsp3) is 0.0145. The highest BCUT2D eigenvalue weighted by molar-refractivity contribution is 6.25. The van der Waals surface area contributed by atoms with E-state index in [0.29, 0.717) is 0 Å². The number of fused-ring (bicyclic) bond motifs is 21. The minimum atomic E-state index is -0.499. The molecule has 0 bridgehead atoms. The van der Waals surface area contributed by atoms with Gasteiger partial charge in [-0.05, 0) is 169 Å². The summed E-state index contributed by atoms with van der Waals surface area (Å²) in [6.45, 7) is 0. The maximum Gasteiger partial charge on any atom is 0.0731 e. The van der Waals surface area contributed by atoms with Gasteiger partial charge in [-0.1, -0.05) is 200 Å². The van der Waals surface area contributed by atoms with E-state index in [1.165, 1.54) is 148 Å². The predicted molar refractivity (Wildman–Crippen MR) is 295 cm³/mol. The molecule has 13 aromatic carbocycles. The quantitative estimate of drug-likeness (QED) is 0.123. The third-order valence-corrected chi connectivity index (χ3v) is 16.1. The normalized spacial score (nSPS) is 13.3. The molecule has 1 spiro atoms. The highest BCUT2D eigenvalue weighted by Crippen LogP contribution is 2.66. The summed E-state index contributed by atoms with van der Waals surface area (Å²) in [7, 11) is 0. The second-order valence-electron chi connectivity index (χ2n) is 19.4. The molecular formula is C69H41N. The molecule has 1 aromatic heterocycles. The van der Waals surface area contributed by atoms with Crippen molar-refractivity contribution < 1.29 is 0 Å². The van der Waals surface area contributed by atoms with E-state index in [1.807, 2.05) is 0 Å². The summed E-state index contributed by atoms with van der Waals surface area (Å²) in [4.78, 5) is 0. The Kier molecular flexibility index (Phi) is 7.60. The van der Waals surface area contributed by atoms with Crippen molar-refractivity contribution in [2.75, 3.05) is 0 Å². The zero-order valence-corrected chi connectivity index (χ0v) is 38.1. The first-order valence-corrected chi connectivity index (χ1v) is 24.5. The van der Waals surface area contributed by atoms with E-state index in [9.17, 15) is 0 Å². The molecule has 0 saturated carbocycles. The number of benzene rings is 13. The fourth-order valence-corrected chi connectivity index (χ4v) is 13.4. The van der Waals surface area contributed by atoms with Crippen LogP contribution in [0, 0.1) is 0 Å². The number of hydrogen-bond acceptors (Lipinski definition) is 0. The molecule has 0 amide bonds. The van der Waals surface area contributed by atoms with Crippen LogP contribution in [-0.2, 0) is 5.41 Å². The van der Waals surface area contributed by atoms with Crippen LogP contribution in [0.2, 0.25) is 0 Å². The van der Waals surface area contributed by atoms with Crippen molar-refractivity contribution in [1.82, 2.24) is 4.57 Å². The van der Waals surface area contributed by atoms with Gasteiger partial charge in [-0.25, -0.2) is 0 Å². The molecule has 70 heavy (non-hydrogen) atoms. The molecule has 14 aromatic rings. The Bertz CT molecular complexity index is 4490. The first-order valence-electron chi connectivity index (χ1n) is 24.5. The van der Waals surface area contributed by atoms with Gasteiger partial charge in [-0.3, -0.25) is 0 Å². The summed E-state index contributed by atoms with van der Waals surface area (Å²) in [6.07, 6.45) is 0. The van der Waals surface area contributed by atoms with Gasteiger partial charge in [-0.2, -0.15) is 0 Å². The summed E-state index contributed by atoms with van der Waals surface area (Å²) in [5.74, 6) is 0. The van der Waals surface area contributed by atoms with Crippen molar-refractivity contribution in [2.24, 2.45) is 0 Å². The predicted octanol–water partition coefficient (Wildman–Crippen LogP) is 18.2. The van der Waals surface area contributed by atoms with E-state index in [1.54, 1.807) is 0 Å². The Labute approximate surface area is 404 Å². The minimum Gasteiger partial charge on any atom is -0.309 e. The Balaban J connectivity index is 0.983. The van der Waals surface area contributed by atoms with Gasteiger partial charge in [-0.15, -0.1) is 0 Å². The van der Waals surface area contributed by atoms with Gasteiger partial charge in [0.25, 0.3) is 0 Å². The summed E-state index contributed by atoms with van der Waals surface area (Å²) >= 11 is 0. The smallest absolute Gasteiger partial charge is 0.0731 e. The lowest BCUT2D eigenvalue weighted by atomic mass is 9.69. The van der Waals surface area contributed by atoms with Crippen molar-refractivity contribution in [3.8, 4) is 50.2 Å². The lowest BCUT2D eigenvalue weighted by Crippen LogP contribution is -2.26. The largest absolute Gasteiger partial charge is 0.309 e. The van der Waals surface area contributed by atoms with E-state index in [0.717, 1.165) is 0 Å². The van der Waals surface area contributed by atoms with E-state index in [4.69, 9.17) is 0 Å². The molecule has 16 rings (SSSR count). The second-order valence-corrected chi connectivity index (χ2v) is 19.4. The van der Waals surface area contributed by atoms with Crippen molar-refractivity contribution in [3.05, 3.63) is 271 Å². The van der Waals surface area contributed by atoms with E-state index < -0.39 is 5.41 Å². The second kappa shape index (κ2) is 14.0. The number of para-hydroxylation sites is 2. The molecule has 1 heteroatoms. The zero-order chi connectivity index (χ0) is 45.7. The lowest BCUT2D eigenvalue weighted by molar-refractivity contribution is 0.803. The third kappa shape index (κ3) is 4.86. The number of nitrogens with zero attached hydrogens (tertiary/aromatic N) is 1. The molecule has 0 atom stereocenters. The molecular weight excluding hydrogens is 843 g/mol. The highest BCUT2D eigenvalue weighted by Gasteiger charge is 2.53. The summed E-state index contributed by atoms with van der Waals surface area (Å²) in [5.41, 5.74) is 18.9. The van der Waals surface area contributed by atoms with Gasteiger partial charge in [0.05, 0.1) is 16.4 Å². The molecule has 322 valence electrons. The van der Waals surface area contributed by atoms with Gasteiger partial charge < -0.3 is 4.57 Å². The lowest BCUT2D eigenvalue weighted by Gasteiger charge is -2.32. The first-order chi connectivity index (χ1) is 34.8. The average Bonchev–Trinajstić information content (AvgIpc) is 4.03. The van der Waals surface area contributed by atoms with Crippen LogP contribution in [0.5, 0.6) is 0 Å². The molecule has 2 aliphatic rings. The van der Waals surface area contributed by atoms with Gasteiger partial charge in [0.1, 0.15) is 0 Å². The van der Waals surface area contributed by atoms with E-state index in [-0.39, 0.29) is 0 Å². The van der Waals surface area contributed by atoms with Crippen molar-refractivity contribution in [1.29, 1.82) is 0 Å². The Morgan fingerprint density at radius 1 is 0.257 bits per heavy atom. The summed E-state index contributed by atoms with van der Waals surface area (Å²) < 4.78 is 2.40. The van der Waals surface area contributed by atoms with Gasteiger partial charge in [0.2, 0.25) is 0 Å². The molecule has 0 radical (unpaired) electrons. The maximum atomic E-state index is 2.52. The van der Waals surface area contributed by atoms with Crippen LogP contribution in [0.4, 0.5) is 0 Å². The SMILES string of the molecule is c1ccc(-n2c3ccccc3c3cc(-c4c5ccccc5c(-c5ccc6c7c(c8ccccc8c6c5)-c5cc6ccccc6cc5C75c6ccccc6-c6ccccc65)c5ccccc45)ccc32)cc1. The third-order valence-electron chi connectivity index (χ3n) is 16.1. The summed E-state index contributed by atoms with van der Waals surface area (Å²) in [5, 5.41) is 15.2. The van der Waals surface area contributed by atoms with E-state index >= 15 is 0 Å². The number of hydrogen-bond donors (Lipinski definition) is 0. The molecule has 0 fully saturated rings. The molecule has 0 unspecified atom stereocenters. The molecule has 0 N–H and O–H groups in total. The monoisotopic (exact) mass is 883 g/mol. The highest BCUT2D eigenvalue weighted by atomic mass is 15.0. The van der Waals surface area contributed by atoms with Crippen molar-refractivity contribution in [2.45, 2.75) is 5.41 Å². The topological polar surface area (TPSA) is 4.93 Å².